The highest BCUT2D eigenvalue weighted by atomic mass is 19.4. The van der Waals surface area contributed by atoms with Crippen LogP contribution in [0.3, 0.4) is 0 Å². The lowest BCUT2D eigenvalue weighted by Gasteiger charge is -2.34. The van der Waals surface area contributed by atoms with Crippen molar-refractivity contribution in [2.75, 3.05) is 12.0 Å². The second-order valence-corrected chi connectivity index (χ2v) is 6.86. The van der Waals surface area contributed by atoms with Crippen molar-refractivity contribution >= 4 is 11.6 Å². The summed E-state index contributed by atoms with van der Waals surface area (Å²) in [7, 11) is 1.38. The minimum absolute atomic E-state index is 0.159. The first-order valence-electron chi connectivity index (χ1n) is 9.47. The quantitative estimate of drug-likeness (QED) is 0.365. The molecule has 32 heavy (non-hydrogen) atoms. The molecule has 3 aromatic rings. The Bertz CT molecular complexity index is 1040. The molecule has 0 aliphatic heterocycles. The molecule has 10 heteroatoms. The van der Waals surface area contributed by atoms with Gasteiger partial charge >= 0.3 is 12.1 Å². The average Bonchev–Trinajstić information content (AvgIpc) is 3.29. The number of ether oxygens (including phenoxy) is 1. The molecular weight excluding hydrogens is 429 g/mol. The van der Waals surface area contributed by atoms with Gasteiger partial charge in [0.2, 0.25) is 6.04 Å². The van der Waals surface area contributed by atoms with E-state index >= 15 is 0 Å². The third-order valence-corrected chi connectivity index (χ3v) is 4.86. The van der Waals surface area contributed by atoms with Crippen molar-refractivity contribution in [1.29, 1.82) is 0 Å². The van der Waals surface area contributed by atoms with Gasteiger partial charge in [-0.2, -0.15) is 13.2 Å². The third-order valence-electron chi connectivity index (χ3n) is 4.86. The average molecular weight is 448 g/mol. The molecular formula is C22H19F3N2O5. The highest BCUT2D eigenvalue weighted by Gasteiger charge is 2.50. The number of carbonyl (C=O) groups is 1. The molecule has 0 fully saturated rings. The molecule has 1 aromatic heterocycles. The zero-order valence-corrected chi connectivity index (χ0v) is 16.9. The summed E-state index contributed by atoms with van der Waals surface area (Å²) in [5.74, 6) is -1.66. The number of amides is 1. The molecule has 0 aliphatic carbocycles. The normalized spacial score (nSPS) is 13.2. The van der Waals surface area contributed by atoms with Crippen molar-refractivity contribution in [2.24, 2.45) is 0 Å². The van der Waals surface area contributed by atoms with Crippen LogP contribution in [0.25, 0.3) is 0 Å². The van der Waals surface area contributed by atoms with Crippen molar-refractivity contribution in [3.05, 3.63) is 94.4 Å². The van der Waals surface area contributed by atoms with Crippen LogP contribution in [0.15, 0.2) is 77.4 Å². The van der Waals surface area contributed by atoms with Gasteiger partial charge in [0.25, 0.3) is 0 Å². The van der Waals surface area contributed by atoms with Crippen molar-refractivity contribution in [3.8, 4) is 5.75 Å². The minimum atomic E-state index is -5.27. The Morgan fingerprint density at radius 2 is 1.75 bits per heavy atom. The van der Waals surface area contributed by atoms with E-state index in [4.69, 9.17) is 9.15 Å². The smallest absolute Gasteiger partial charge is 0.471 e. The van der Waals surface area contributed by atoms with E-state index in [1.54, 1.807) is 6.07 Å². The number of nitrogens with zero attached hydrogens (tertiary/aromatic N) is 2. The third kappa shape index (κ3) is 5.08. The molecule has 0 aliphatic rings. The lowest BCUT2D eigenvalue weighted by atomic mass is 9.93. The molecule has 2 atom stereocenters. The number of rotatable bonds is 8. The molecule has 1 amide bonds. The Morgan fingerprint density at radius 3 is 2.25 bits per heavy atom. The summed E-state index contributed by atoms with van der Waals surface area (Å²) >= 11 is 0. The van der Waals surface area contributed by atoms with Crippen LogP contribution in [0.2, 0.25) is 0 Å². The van der Waals surface area contributed by atoms with E-state index in [1.165, 1.54) is 74.0 Å². The number of halogens is 3. The van der Waals surface area contributed by atoms with Crippen LogP contribution in [-0.2, 0) is 11.2 Å². The van der Waals surface area contributed by atoms with Crippen LogP contribution < -0.4 is 9.64 Å². The Balaban J connectivity index is 2.20. The van der Waals surface area contributed by atoms with Gasteiger partial charge < -0.3 is 9.15 Å². The molecule has 0 spiro atoms. The Hall–Kier alpha value is -3.82. The van der Waals surface area contributed by atoms with Gasteiger partial charge in [0, 0.05) is 10.6 Å². The number of alkyl halides is 3. The zero-order chi connectivity index (χ0) is 23.3. The molecule has 0 bridgehead atoms. The summed E-state index contributed by atoms with van der Waals surface area (Å²) in [6.07, 6.45) is -4.28. The van der Waals surface area contributed by atoms with Crippen LogP contribution in [0, 0.1) is 10.1 Å². The van der Waals surface area contributed by atoms with E-state index in [0.717, 1.165) is 0 Å². The first kappa shape index (κ1) is 22.9. The van der Waals surface area contributed by atoms with Gasteiger partial charge in [0.05, 0.1) is 19.8 Å². The maximum absolute atomic E-state index is 13.6. The maximum atomic E-state index is 13.6. The number of hydrogen-bond acceptors (Lipinski definition) is 5. The van der Waals surface area contributed by atoms with Gasteiger partial charge in [0.1, 0.15) is 17.6 Å². The molecule has 168 valence electrons. The monoisotopic (exact) mass is 448 g/mol. The molecule has 1 heterocycles. The van der Waals surface area contributed by atoms with Gasteiger partial charge in [-0.05, 0) is 42.0 Å². The summed E-state index contributed by atoms with van der Waals surface area (Å²) in [6, 6.07) is 12.7. The summed E-state index contributed by atoms with van der Waals surface area (Å²) in [5.41, 5.74) is 0.0162. The lowest BCUT2D eigenvalue weighted by molar-refractivity contribution is -0.526. The van der Waals surface area contributed by atoms with Gasteiger partial charge in [-0.15, -0.1) is 0 Å². The summed E-state index contributed by atoms with van der Waals surface area (Å²) in [5, 5.41) is 12.1. The fourth-order valence-electron chi connectivity index (χ4n) is 3.41. The standard InChI is InChI=1S/C22H19F3N2O5/c1-31-17-11-9-16(10-12-17)26(21(28)22(23,24)25)20(15-6-3-2-4-7-15)19(27(29)30)14-18-8-5-13-32-18/h2-13,19-20H,14H2,1H3/t19-,20+/m1/s1. The Labute approximate surface area is 181 Å². The molecule has 0 saturated carbocycles. The fourth-order valence-corrected chi connectivity index (χ4v) is 3.41. The zero-order valence-electron chi connectivity index (χ0n) is 16.9. The largest absolute Gasteiger partial charge is 0.497 e. The van der Waals surface area contributed by atoms with E-state index in [-0.39, 0.29) is 23.4 Å². The van der Waals surface area contributed by atoms with Crippen LogP contribution >= 0.6 is 0 Å². The first-order chi connectivity index (χ1) is 15.2. The highest BCUT2D eigenvalue weighted by Crippen LogP contribution is 2.37. The van der Waals surface area contributed by atoms with Crippen molar-refractivity contribution in [2.45, 2.75) is 24.7 Å². The predicted octanol–water partition coefficient (Wildman–Crippen LogP) is 4.81. The lowest BCUT2D eigenvalue weighted by Crippen LogP contribution is -2.49. The number of furan rings is 1. The van der Waals surface area contributed by atoms with E-state index < -0.39 is 29.1 Å². The maximum Gasteiger partial charge on any atom is 0.471 e. The van der Waals surface area contributed by atoms with Crippen molar-refractivity contribution in [3.63, 3.8) is 0 Å². The molecule has 0 unspecified atom stereocenters. The second-order valence-electron chi connectivity index (χ2n) is 6.86. The molecule has 0 saturated heterocycles. The Morgan fingerprint density at radius 1 is 1.09 bits per heavy atom. The predicted molar refractivity (Wildman–Crippen MR) is 109 cm³/mol. The van der Waals surface area contributed by atoms with Gasteiger partial charge in [-0.3, -0.25) is 19.8 Å². The number of anilines is 1. The second kappa shape index (κ2) is 9.54. The molecule has 7 nitrogen and oxygen atoms in total. The van der Waals surface area contributed by atoms with Crippen LogP contribution in [0.4, 0.5) is 18.9 Å². The van der Waals surface area contributed by atoms with Crippen LogP contribution in [0.5, 0.6) is 5.75 Å². The first-order valence-corrected chi connectivity index (χ1v) is 9.47. The van der Waals surface area contributed by atoms with Crippen LogP contribution in [-0.4, -0.2) is 30.2 Å². The summed E-state index contributed by atoms with van der Waals surface area (Å²) < 4.78 is 51.2. The summed E-state index contributed by atoms with van der Waals surface area (Å²) in [6.45, 7) is 0. The SMILES string of the molecule is COc1ccc(N(C(=O)C(F)(F)F)[C@@H](c2ccccc2)[C@@H](Cc2ccco2)[N+](=O)[O-])cc1. The number of hydrogen-bond donors (Lipinski definition) is 0. The van der Waals surface area contributed by atoms with E-state index in [2.05, 4.69) is 0 Å². The number of carbonyl (C=O) groups excluding carboxylic acids is 1. The number of benzene rings is 2. The molecule has 0 N–H and O–H groups in total. The fraction of sp³-hybridized carbons (Fsp3) is 0.227. The molecule has 3 rings (SSSR count). The summed E-state index contributed by atoms with van der Waals surface area (Å²) in [4.78, 5) is 24.4. The van der Waals surface area contributed by atoms with Crippen LogP contribution in [0.1, 0.15) is 17.4 Å². The Kier molecular flexibility index (Phi) is 6.82. The minimum Gasteiger partial charge on any atom is -0.497 e. The van der Waals surface area contributed by atoms with E-state index in [1.807, 2.05) is 0 Å². The van der Waals surface area contributed by atoms with Crippen molar-refractivity contribution < 1.29 is 32.0 Å². The van der Waals surface area contributed by atoms with E-state index in [0.29, 0.717) is 10.6 Å². The molecule has 0 radical (unpaired) electrons. The van der Waals surface area contributed by atoms with Gasteiger partial charge in [-0.25, -0.2) is 0 Å². The molecule has 2 aromatic carbocycles. The van der Waals surface area contributed by atoms with E-state index in [9.17, 15) is 28.1 Å². The highest BCUT2D eigenvalue weighted by molar-refractivity contribution is 5.98. The van der Waals surface area contributed by atoms with Gasteiger partial charge in [-0.1, -0.05) is 30.3 Å². The van der Waals surface area contributed by atoms with Gasteiger partial charge in [0.15, 0.2) is 0 Å². The number of nitro groups is 1. The number of methoxy groups -OCH3 is 1. The topological polar surface area (TPSA) is 85.8 Å². The van der Waals surface area contributed by atoms with Crippen molar-refractivity contribution in [1.82, 2.24) is 0 Å².